The first-order valence-corrected chi connectivity index (χ1v) is 6.37. The van der Waals surface area contributed by atoms with Crippen molar-refractivity contribution < 1.29 is 9.59 Å². The molecule has 2 unspecified atom stereocenters. The first-order chi connectivity index (χ1) is 8.11. The van der Waals surface area contributed by atoms with Gasteiger partial charge in [0.1, 0.15) is 0 Å². The summed E-state index contributed by atoms with van der Waals surface area (Å²) in [7, 11) is 2.11. The van der Waals surface area contributed by atoms with Gasteiger partial charge in [-0.15, -0.1) is 0 Å². The third kappa shape index (κ3) is 2.60. The Hall–Kier alpha value is -1.10. The number of carbonyl (C=O) groups excluding carboxylic acids is 2. The Balaban J connectivity index is 1.94. The van der Waals surface area contributed by atoms with Crippen molar-refractivity contribution in [1.29, 1.82) is 0 Å². The summed E-state index contributed by atoms with van der Waals surface area (Å²) in [5, 5.41) is 2.73. The number of nitrogens with zero attached hydrogens (tertiary/aromatic N) is 2. The molecular formula is C12H21N3O2. The normalized spacial score (nSPS) is 30.5. The van der Waals surface area contributed by atoms with Gasteiger partial charge in [0.05, 0.1) is 5.92 Å². The van der Waals surface area contributed by atoms with Crippen LogP contribution in [-0.2, 0) is 9.59 Å². The van der Waals surface area contributed by atoms with Crippen LogP contribution in [-0.4, -0.2) is 60.9 Å². The minimum atomic E-state index is -0.136. The average Bonchev–Trinajstić information content (AvgIpc) is 2.75. The molecule has 0 radical (unpaired) electrons. The van der Waals surface area contributed by atoms with E-state index in [1.807, 2.05) is 4.90 Å². The van der Waals surface area contributed by atoms with Gasteiger partial charge in [-0.3, -0.25) is 14.5 Å². The van der Waals surface area contributed by atoms with Crippen LogP contribution in [0.5, 0.6) is 0 Å². The molecule has 0 aromatic rings. The standard InChI is InChI=1S/C12H21N3O2/c1-3-10-8-15(5-4-14(10)2)12(17)9-6-11(16)13-7-9/h9-10H,3-8H2,1-2H3,(H,13,16). The fourth-order valence-corrected chi connectivity index (χ4v) is 2.63. The third-order valence-corrected chi connectivity index (χ3v) is 3.89. The van der Waals surface area contributed by atoms with Crippen molar-refractivity contribution in [2.45, 2.75) is 25.8 Å². The lowest BCUT2D eigenvalue weighted by Gasteiger charge is -2.39. The van der Waals surface area contributed by atoms with Crippen LogP contribution in [0.25, 0.3) is 0 Å². The van der Waals surface area contributed by atoms with E-state index in [0.29, 0.717) is 19.0 Å². The van der Waals surface area contributed by atoms with E-state index in [9.17, 15) is 9.59 Å². The van der Waals surface area contributed by atoms with E-state index in [-0.39, 0.29) is 17.7 Å². The number of piperazine rings is 1. The molecule has 0 spiro atoms. The highest BCUT2D eigenvalue weighted by atomic mass is 16.2. The first-order valence-electron chi connectivity index (χ1n) is 6.37. The Morgan fingerprint density at radius 2 is 2.24 bits per heavy atom. The van der Waals surface area contributed by atoms with Crippen molar-refractivity contribution in [2.75, 3.05) is 33.2 Å². The third-order valence-electron chi connectivity index (χ3n) is 3.89. The monoisotopic (exact) mass is 239 g/mol. The van der Waals surface area contributed by atoms with Gasteiger partial charge in [-0.2, -0.15) is 0 Å². The van der Waals surface area contributed by atoms with Crippen LogP contribution in [0.4, 0.5) is 0 Å². The maximum absolute atomic E-state index is 12.2. The summed E-state index contributed by atoms with van der Waals surface area (Å²) in [4.78, 5) is 27.6. The van der Waals surface area contributed by atoms with Crippen molar-refractivity contribution in [3.05, 3.63) is 0 Å². The summed E-state index contributed by atoms with van der Waals surface area (Å²) < 4.78 is 0. The number of amides is 2. The molecule has 5 heteroatoms. The number of hydrogen-bond acceptors (Lipinski definition) is 3. The molecule has 17 heavy (non-hydrogen) atoms. The lowest BCUT2D eigenvalue weighted by molar-refractivity contribution is -0.138. The molecule has 1 N–H and O–H groups in total. The van der Waals surface area contributed by atoms with Crippen LogP contribution in [0.1, 0.15) is 19.8 Å². The first kappa shape index (κ1) is 12.4. The lowest BCUT2D eigenvalue weighted by Crippen LogP contribution is -2.54. The van der Waals surface area contributed by atoms with Crippen molar-refractivity contribution >= 4 is 11.8 Å². The van der Waals surface area contributed by atoms with Gasteiger partial charge in [0.2, 0.25) is 11.8 Å². The van der Waals surface area contributed by atoms with Crippen LogP contribution in [0.2, 0.25) is 0 Å². The molecule has 2 atom stereocenters. The summed E-state index contributed by atoms with van der Waals surface area (Å²) >= 11 is 0. The molecule has 5 nitrogen and oxygen atoms in total. The summed E-state index contributed by atoms with van der Waals surface area (Å²) in [6, 6.07) is 0.456. The summed E-state index contributed by atoms with van der Waals surface area (Å²) in [5.74, 6) is 0.0165. The van der Waals surface area contributed by atoms with Crippen molar-refractivity contribution in [3.8, 4) is 0 Å². The van der Waals surface area contributed by atoms with E-state index in [1.54, 1.807) is 0 Å². The van der Waals surface area contributed by atoms with E-state index in [2.05, 4.69) is 24.2 Å². The minimum absolute atomic E-state index is 0.00418. The number of carbonyl (C=O) groups is 2. The molecule has 96 valence electrons. The van der Waals surface area contributed by atoms with Crippen LogP contribution < -0.4 is 5.32 Å². The van der Waals surface area contributed by atoms with E-state index >= 15 is 0 Å². The zero-order valence-corrected chi connectivity index (χ0v) is 10.6. The Morgan fingerprint density at radius 3 is 2.82 bits per heavy atom. The molecule has 0 saturated carbocycles. The highest BCUT2D eigenvalue weighted by Gasteiger charge is 2.34. The van der Waals surface area contributed by atoms with Gasteiger partial charge in [-0.25, -0.2) is 0 Å². The number of likely N-dealkylation sites (N-methyl/N-ethyl adjacent to an activating group) is 1. The molecular weight excluding hydrogens is 218 g/mol. The second-order valence-electron chi connectivity index (χ2n) is 5.03. The maximum atomic E-state index is 12.2. The molecule has 2 heterocycles. The molecule has 0 aromatic carbocycles. The largest absolute Gasteiger partial charge is 0.355 e. The van der Waals surface area contributed by atoms with Crippen LogP contribution in [0.15, 0.2) is 0 Å². The summed E-state index contributed by atoms with van der Waals surface area (Å²) in [5.41, 5.74) is 0. The molecule has 2 aliphatic rings. The van der Waals surface area contributed by atoms with Crippen molar-refractivity contribution in [2.24, 2.45) is 5.92 Å². The van der Waals surface area contributed by atoms with E-state index in [0.717, 1.165) is 26.1 Å². The number of nitrogens with one attached hydrogen (secondary N) is 1. The zero-order chi connectivity index (χ0) is 12.4. The minimum Gasteiger partial charge on any atom is -0.355 e. The van der Waals surface area contributed by atoms with E-state index in [4.69, 9.17) is 0 Å². The Labute approximate surface area is 102 Å². The highest BCUT2D eigenvalue weighted by molar-refractivity contribution is 5.89. The van der Waals surface area contributed by atoms with Gasteiger partial charge in [-0.1, -0.05) is 6.92 Å². The van der Waals surface area contributed by atoms with Crippen LogP contribution in [0.3, 0.4) is 0 Å². The smallest absolute Gasteiger partial charge is 0.228 e. The zero-order valence-electron chi connectivity index (χ0n) is 10.6. The quantitative estimate of drug-likeness (QED) is 0.718. The second kappa shape index (κ2) is 5.04. The fraction of sp³-hybridized carbons (Fsp3) is 0.833. The SMILES string of the molecule is CCC1CN(C(=O)C2CNC(=O)C2)CCN1C. The maximum Gasteiger partial charge on any atom is 0.228 e. The van der Waals surface area contributed by atoms with Gasteiger partial charge in [0.15, 0.2) is 0 Å². The molecule has 2 amide bonds. The molecule has 2 aliphatic heterocycles. The summed E-state index contributed by atoms with van der Waals surface area (Å²) in [6.45, 7) is 5.18. The Bertz CT molecular complexity index is 319. The fourth-order valence-electron chi connectivity index (χ4n) is 2.63. The Morgan fingerprint density at radius 1 is 1.47 bits per heavy atom. The average molecular weight is 239 g/mol. The van der Waals surface area contributed by atoms with Gasteiger partial charge in [0, 0.05) is 38.6 Å². The molecule has 0 aliphatic carbocycles. The van der Waals surface area contributed by atoms with Crippen molar-refractivity contribution in [1.82, 2.24) is 15.1 Å². The van der Waals surface area contributed by atoms with Gasteiger partial charge >= 0.3 is 0 Å². The van der Waals surface area contributed by atoms with E-state index < -0.39 is 0 Å². The van der Waals surface area contributed by atoms with Crippen LogP contribution in [0, 0.1) is 5.92 Å². The second-order valence-corrected chi connectivity index (χ2v) is 5.03. The predicted octanol–water partition coefficient (Wildman–Crippen LogP) is -0.325. The van der Waals surface area contributed by atoms with Gasteiger partial charge in [0.25, 0.3) is 0 Å². The molecule has 2 saturated heterocycles. The predicted molar refractivity (Wildman–Crippen MR) is 64.4 cm³/mol. The topological polar surface area (TPSA) is 52.7 Å². The van der Waals surface area contributed by atoms with Crippen molar-refractivity contribution in [3.63, 3.8) is 0 Å². The Kier molecular flexibility index (Phi) is 3.66. The highest BCUT2D eigenvalue weighted by Crippen LogP contribution is 2.17. The van der Waals surface area contributed by atoms with Crippen LogP contribution >= 0.6 is 0 Å². The molecule has 2 fully saturated rings. The van der Waals surface area contributed by atoms with Gasteiger partial charge in [-0.05, 0) is 13.5 Å². The lowest BCUT2D eigenvalue weighted by atomic mass is 10.0. The number of hydrogen-bond donors (Lipinski definition) is 1. The molecule has 0 aromatic heterocycles. The molecule has 2 rings (SSSR count). The number of rotatable bonds is 2. The molecule has 0 bridgehead atoms. The van der Waals surface area contributed by atoms with E-state index in [1.165, 1.54) is 0 Å². The van der Waals surface area contributed by atoms with Gasteiger partial charge < -0.3 is 10.2 Å². The summed E-state index contributed by atoms with van der Waals surface area (Å²) in [6.07, 6.45) is 1.42.